The van der Waals surface area contributed by atoms with Crippen molar-refractivity contribution in [2.24, 2.45) is 0 Å². The van der Waals surface area contributed by atoms with Crippen LogP contribution in [-0.4, -0.2) is 75.6 Å². The van der Waals surface area contributed by atoms with Crippen LogP contribution in [0.1, 0.15) is 168 Å². The van der Waals surface area contributed by atoms with Gasteiger partial charge in [-0.25, -0.2) is 4.57 Å². The SMILES string of the molecule is CC/C=C\C/C=C\C/C=C\C/C=C\C/C=C\CCCC(=O)OC(COCCCCCCCCC/C=C\C/C=C\C/C=C\CCCCCCC)COP(=O)(O)OCC[N+](C)(C)C. The minimum Gasteiger partial charge on any atom is -0.457 e. The molecule has 0 aromatic carbocycles. The number of likely N-dealkylation sites (N-methyl/N-ethyl adjacent to an activating group) is 1. The Hall–Kier alpha value is -2.58. The van der Waals surface area contributed by atoms with Crippen LogP contribution in [-0.2, 0) is 27.9 Å². The molecule has 0 heterocycles. The summed E-state index contributed by atoms with van der Waals surface area (Å²) < 4.78 is 35.0. The van der Waals surface area contributed by atoms with Crippen molar-refractivity contribution in [3.05, 3.63) is 97.2 Å². The van der Waals surface area contributed by atoms with Crippen LogP contribution in [0.15, 0.2) is 97.2 Å². The number of nitrogens with zero attached hydrogens (tertiary/aromatic N) is 1. The molecule has 0 fully saturated rings. The molecule has 0 saturated heterocycles. The molecule has 0 aromatic rings. The third kappa shape index (κ3) is 48.3. The zero-order chi connectivity index (χ0) is 44.8. The fourth-order valence-electron chi connectivity index (χ4n) is 5.95. The van der Waals surface area contributed by atoms with Crippen LogP contribution >= 0.6 is 7.82 Å². The van der Waals surface area contributed by atoms with E-state index in [1.807, 2.05) is 21.1 Å². The number of carbonyl (C=O) groups excluding carboxylic acids is 1. The molecular formula is C52H91NO7P+. The number of rotatable bonds is 43. The van der Waals surface area contributed by atoms with Crippen LogP contribution in [0, 0.1) is 0 Å². The summed E-state index contributed by atoms with van der Waals surface area (Å²) in [5.41, 5.74) is 0. The number of phosphoric ester groups is 1. The Balaban J connectivity index is 4.31. The van der Waals surface area contributed by atoms with E-state index < -0.39 is 13.9 Å². The number of ether oxygens (including phenoxy) is 2. The lowest BCUT2D eigenvalue weighted by Gasteiger charge is -2.24. The normalized spacial score (nSPS) is 14.5. The van der Waals surface area contributed by atoms with Crippen molar-refractivity contribution < 1.29 is 37.3 Å². The molecule has 0 aliphatic carbocycles. The van der Waals surface area contributed by atoms with E-state index in [4.69, 9.17) is 18.5 Å². The molecule has 2 atom stereocenters. The van der Waals surface area contributed by atoms with Gasteiger partial charge in [0, 0.05) is 13.0 Å². The lowest BCUT2D eigenvalue weighted by atomic mass is 10.1. The highest BCUT2D eigenvalue weighted by atomic mass is 31.2. The van der Waals surface area contributed by atoms with Crippen LogP contribution < -0.4 is 0 Å². The first-order valence-corrected chi connectivity index (χ1v) is 25.5. The second-order valence-corrected chi connectivity index (χ2v) is 18.2. The molecule has 0 saturated carbocycles. The Morgan fingerprint density at radius 1 is 0.525 bits per heavy atom. The van der Waals surface area contributed by atoms with E-state index in [1.165, 1.54) is 64.2 Å². The van der Waals surface area contributed by atoms with Crippen molar-refractivity contribution in [3.8, 4) is 0 Å². The lowest BCUT2D eigenvalue weighted by molar-refractivity contribution is -0.870. The van der Waals surface area contributed by atoms with E-state index in [-0.39, 0.29) is 32.2 Å². The Labute approximate surface area is 375 Å². The van der Waals surface area contributed by atoms with E-state index >= 15 is 0 Å². The minimum atomic E-state index is -4.30. The Morgan fingerprint density at radius 2 is 0.951 bits per heavy atom. The van der Waals surface area contributed by atoms with E-state index in [9.17, 15) is 14.3 Å². The molecule has 0 rings (SSSR count). The lowest BCUT2D eigenvalue weighted by Crippen LogP contribution is -2.37. The Bertz CT molecular complexity index is 1290. The third-order valence-electron chi connectivity index (χ3n) is 9.63. The van der Waals surface area contributed by atoms with Gasteiger partial charge in [-0.3, -0.25) is 13.8 Å². The predicted molar refractivity (Wildman–Crippen MR) is 261 cm³/mol. The molecule has 350 valence electrons. The fraction of sp³-hybridized carbons (Fsp3) is 0.673. The van der Waals surface area contributed by atoms with Gasteiger partial charge in [0.2, 0.25) is 0 Å². The molecule has 0 aliphatic rings. The number of esters is 1. The molecule has 0 aromatic heterocycles. The van der Waals surface area contributed by atoms with Gasteiger partial charge in [0.05, 0.1) is 34.4 Å². The number of carbonyl (C=O) groups is 1. The van der Waals surface area contributed by atoms with Crippen molar-refractivity contribution >= 4 is 13.8 Å². The summed E-state index contributed by atoms with van der Waals surface area (Å²) in [5, 5.41) is 0. The van der Waals surface area contributed by atoms with Crippen LogP contribution in [0.25, 0.3) is 0 Å². The first-order chi connectivity index (χ1) is 29.6. The van der Waals surface area contributed by atoms with Crippen molar-refractivity contribution in [2.45, 2.75) is 174 Å². The molecular weight excluding hydrogens is 782 g/mol. The van der Waals surface area contributed by atoms with E-state index in [1.54, 1.807) is 0 Å². The maximum absolute atomic E-state index is 12.7. The zero-order valence-electron chi connectivity index (χ0n) is 39.6. The molecule has 8 nitrogen and oxygen atoms in total. The molecule has 1 N–H and O–H groups in total. The average Bonchev–Trinajstić information content (AvgIpc) is 3.22. The smallest absolute Gasteiger partial charge is 0.457 e. The third-order valence-corrected chi connectivity index (χ3v) is 10.6. The number of hydrogen-bond acceptors (Lipinski definition) is 6. The highest BCUT2D eigenvalue weighted by Gasteiger charge is 2.26. The maximum Gasteiger partial charge on any atom is 0.472 e. The standard InChI is InChI=1S/C52H90NO7P/c1-6-8-10-12-14-16-18-20-22-24-25-26-27-28-30-32-34-36-38-40-42-44-47-57-49-51(50-59-61(55,56)58-48-46-53(3,4)5)60-52(54)45-43-41-39-37-35-33-31-29-23-21-19-17-15-13-11-9-7-2/h9,11,15,17-18,20-21,23-25,27-28,31,33,37,39,51H,6-8,10,12-14,16,19,22,26,29-30,32,34-36,38,40-50H2,1-5H3/p+1/b11-9-,17-15-,20-18-,23-21-,25-24-,28-27-,33-31-,39-37-. The molecule has 0 bridgehead atoms. The summed E-state index contributed by atoms with van der Waals surface area (Å²) in [6.45, 7) is 5.37. The summed E-state index contributed by atoms with van der Waals surface area (Å²) in [5.74, 6) is -0.377. The van der Waals surface area contributed by atoms with Crippen molar-refractivity contribution in [1.29, 1.82) is 0 Å². The average molecular weight is 873 g/mol. The van der Waals surface area contributed by atoms with Gasteiger partial charge in [-0.05, 0) is 89.9 Å². The Kier molecular flexibility index (Phi) is 42.2. The summed E-state index contributed by atoms with van der Waals surface area (Å²) in [4.78, 5) is 22.9. The van der Waals surface area contributed by atoms with Gasteiger partial charge >= 0.3 is 13.8 Å². The first-order valence-electron chi connectivity index (χ1n) is 24.0. The van der Waals surface area contributed by atoms with E-state index in [0.29, 0.717) is 24.1 Å². The maximum atomic E-state index is 12.7. The van der Waals surface area contributed by atoms with Gasteiger partial charge < -0.3 is 18.9 Å². The molecule has 9 heteroatoms. The largest absolute Gasteiger partial charge is 0.472 e. The molecule has 0 radical (unpaired) electrons. The fourth-order valence-corrected chi connectivity index (χ4v) is 6.69. The van der Waals surface area contributed by atoms with Gasteiger partial charge in [-0.1, -0.05) is 169 Å². The van der Waals surface area contributed by atoms with Crippen LogP contribution in [0.2, 0.25) is 0 Å². The summed E-state index contributed by atoms with van der Waals surface area (Å²) in [6, 6.07) is 0. The molecule has 0 amide bonds. The first kappa shape index (κ1) is 58.4. The van der Waals surface area contributed by atoms with Crippen molar-refractivity contribution in [3.63, 3.8) is 0 Å². The van der Waals surface area contributed by atoms with Crippen LogP contribution in [0.4, 0.5) is 0 Å². The second kappa shape index (κ2) is 44.0. The monoisotopic (exact) mass is 873 g/mol. The highest BCUT2D eigenvalue weighted by molar-refractivity contribution is 7.47. The van der Waals surface area contributed by atoms with Crippen LogP contribution in [0.3, 0.4) is 0 Å². The van der Waals surface area contributed by atoms with Gasteiger partial charge in [-0.15, -0.1) is 0 Å². The number of quaternary nitrogens is 1. The van der Waals surface area contributed by atoms with Crippen LogP contribution in [0.5, 0.6) is 0 Å². The number of hydrogen-bond donors (Lipinski definition) is 1. The van der Waals surface area contributed by atoms with Crippen molar-refractivity contribution in [2.75, 3.05) is 54.1 Å². The summed E-state index contributed by atoms with van der Waals surface area (Å²) in [6.07, 6.45) is 60.3. The zero-order valence-corrected chi connectivity index (χ0v) is 40.5. The highest BCUT2D eigenvalue weighted by Crippen LogP contribution is 2.43. The number of phosphoric acid groups is 1. The Morgan fingerprint density at radius 3 is 1.43 bits per heavy atom. The number of unbranched alkanes of at least 4 members (excludes halogenated alkanes) is 13. The van der Waals surface area contributed by atoms with Crippen molar-refractivity contribution in [1.82, 2.24) is 0 Å². The molecule has 0 aliphatic heterocycles. The number of allylic oxidation sites excluding steroid dienone is 16. The second-order valence-electron chi connectivity index (χ2n) is 16.8. The van der Waals surface area contributed by atoms with E-state index in [0.717, 1.165) is 77.0 Å². The van der Waals surface area contributed by atoms with Gasteiger partial charge in [0.25, 0.3) is 0 Å². The summed E-state index contributed by atoms with van der Waals surface area (Å²) in [7, 11) is 1.61. The topological polar surface area (TPSA) is 91.3 Å². The predicted octanol–water partition coefficient (Wildman–Crippen LogP) is 14.6. The van der Waals surface area contributed by atoms with Gasteiger partial charge in [0.1, 0.15) is 19.3 Å². The van der Waals surface area contributed by atoms with Gasteiger partial charge in [-0.2, -0.15) is 0 Å². The molecule has 2 unspecified atom stereocenters. The van der Waals surface area contributed by atoms with Gasteiger partial charge in [0.15, 0.2) is 0 Å². The van der Waals surface area contributed by atoms with E-state index in [2.05, 4.69) is 111 Å². The minimum absolute atomic E-state index is 0.0702. The quantitative estimate of drug-likeness (QED) is 0.0214. The molecule has 61 heavy (non-hydrogen) atoms. The summed E-state index contributed by atoms with van der Waals surface area (Å²) >= 11 is 0. The molecule has 0 spiro atoms.